The van der Waals surface area contributed by atoms with Crippen LogP contribution in [-0.4, -0.2) is 30.5 Å². The standard InChI is InChI=1S/C12H15N3O2/c13-6-9-1-2-10(14)11(5-9)15-7-12(16)3-4-17-8-12/h1-2,5,15-16H,3-4,7-8,14H2. The number of nitrogens with two attached hydrogens (primary N) is 1. The molecule has 4 N–H and O–H groups in total. The Hall–Kier alpha value is -1.77. The Morgan fingerprint density at radius 1 is 1.59 bits per heavy atom. The highest BCUT2D eigenvalue weighted by molar-refractivity contribution is 5.68. The zero-order valence-corrected chi connectivity index (χ0v) is 9.44. The summed E-state index contributed by atoms with van der Waals surface area (Å²) in [5, 5.41) is 21.9. The average Bonchev–Trinajstić information content (AvgIpc) is 2.76. The van der Waals surface area contributed by atoms with Crippen molar-refractivity contribution in [3.05, 3.63) is 23.8 Å². The molecule has 0 radical (unpaired) electrons. The van der Waals surface area contributed by atoms with Gasteiger partial charge in [0.25, 0.3) is 0 Å². The second-order valence-corrected chi connectivity index (χ2v) is 4.29. The molecule has 0 aromatic heterocycles. The van der Waals surface area contributed by atoms with Crippen LogP contribution < -0.4 is 11.1 Å². The van der Waals surface area contributed by atoms with Gasteiger partial charge >= 0.3 is 0 Å². The Kier molecular flexibility index (Phi) is 3.18. The van der Waals surface area contributed by atoms with Crippen LogP contribution in [0.25, 0.3) is 0 Å². The first kappa shape index (κ1) is 11.7. The van der Waals surface area contributed by atoms with Gasteiger partial charge in [-0.3, -0.25) is 0 Å². The number of nitrogens with zero attached hydrogens (tertiary/aromatic N) is 1. The van der Waals surface area contributed by atoms with E-state index >= 15 is 0 Å². The van der Waals surface area contributed by atoms with Crippen LogP contribution in [0.1, 0.15) is 12.0 Å². The molecule has 1 saturated heterocycles. The van der Waals surface area contributed by atoms with Crippen LogP contribution in [0.3, 0.4) is 0 Å². The van der Waals surface area contributed by atoms with Crippen LogP contribution in [0.5, 0.6) is 0 Å². The first-order chi connectivity index (χ1) is 8.13. The van der Waals surface area contributed by atoms with E-state index in [-0.39, 0.29) is 0 Å². The summed E-state index contributed by atoms with van der Waals surface area (Å²) < 4.78 is 5.15. The molecule has 0 saturated carbocycles. The highest BCUT2D eigenvalue weighted by atomic mass is 16.5. The molecule has 17 heavy (non-hydrogen) atoms. The van der Waals surface area contributed by atoms with Gasteiger partial charge < -0.3 is 20.9 Å². The summed E-state index contributed by atoms with van der Waals surface area (Å²) >= 11 is 0. The quantitative estimate of drug-likeness (QED) is 0.668. The summed E-state index contributed by atoms with van der Waals surface area (Å²) in [6.07, 6.45) is 0.609. The van der Waals surface area contributed by atoms with Crippen LogP contribution in [0.4, 0.5) is 11.4 Å². The van der Waals surface area contributed by atoms with Crippen molar-refractivity contribution >= 4 is 11.4 Å². The fourth-order valence-corrected chi connectivity index (χ4v) is 1.77. The highest BCUT2D eigenvalue weighted by Gasteiger charge is 2.31. The van der Waals surface area contributed by atoms with Gasteiger partial charge in [0.1, 0.15) is 5.60 Å². The third-order valence-electron chi connectivity index (χ3n) is 2.87. The third-order valence-corrected chi connectivity index (χ3v) is 2.87. The SMILES string of the molecule is N#Cc1ccc(N)c(NCC2(O)CCOC2)c1. The number of rotatable bonds is 3. The molecular formula is C12H15N3O2. The predicted octanol–water partition coefficient (Wildman–Crippen LogP) is 0.704. The molecule has 5 nitrogen and oxygen atoms in total. The molecule has 1 aromatic carbocycles. The number of nitrogen functional groups attached to an aromatic ring is 1. The highest BCUT2D eigenvalue weighted by Crippen LogP contribution is 2.23. The Bertz CT molecular complexity index is 448. The molecule has 0 bridgehead atoms. The van der Waals surface area contributed by atoms with Crippen molar-refractivity contribution in [3.63, 3.8) is 0 Å². The molecule has 5 heteroatoms. The van der Waals surface area contributed by atoms with Crippen molar-refractivity contribution < 1.29 is 9.84 Å². The van der Waals surface area contributed by atoms with Crippen LogP contribution in [0, 0.1) is 11.3 Å². The molecule has 1 aliphatic rings. The predicted molar refractivity (Wildman–Crippen MR) is 64.4 cm³/mol. The van der Waals surface area contributed by atoms with E-state index in [2.05, 4.69) is 5.32 Å². The van der Waals surface area contributed by atoms with Crippen molar-refractivity contribution in [1.82, 2.24) is 0 Å². The van der Waals surface area contributed by atoms with Crippen molar-refractivity contribution in [2.45, 2.75) is 12.0 Å². The number of aliphatic hydroxyl groups is 1. The number of anilines is 2. The molecule has 0 amide bonds. The van der Waals surface area contributed by atoms with Crippen molar-refractivity contribution in [2.75, 3.05) is 30.8 Å². The van der Waals surface area contributed by atoms with Gasteiger partial charge in [0.2, 0.25) is 0 Å². The average molecular weight is 233 g/mol. The third kappa shape index (κ3) is 2.67. The van der Waals surface area contributed by atoms with E-state index in [1.165, 1.54) is 0 Å². The fourth-order valence-electron chi connectivity index (χ4n) is 1.77. The van der Waals surface area contributed by atoms with Crippen molar-refractivity contribution in [2.24, 2.45) is 0 Å². The molecule has 90 valence electrons. The van der Waals surface area contributed by atoms with E-state index in [1.54, 1.807) is 18.2 Å². The maximum absolute atomic E-state index is 10.1. The minimum absolute atomic E-state index is 0.331. The lowest BCUT2D eigenvalue weighted by atomic mass is 10.0. The summed E-state index contributed by atoms with van der Waals surface area (Å²) in [5.41, 5.74) is 6.72. The van der Waals surface area contributed by atoms with Crippen LogP contribution >= 0.6 is 0 Å². The number of ether oxygens (including phenoxy) is 1. The van der Waals surface area contributed by atoms with Crippen LogP contribution in [0.15, 0.2) is 18.2 Å². The molecule has 0 aliphatic carbocycles. The first-order valence-corrected chi connectivity index (χ1v) is 5.47. The normalized spacial score (nSPS) is 23.3. The second-order valence-electron chi connectivity index (χ2n) is 4.29. The van der Waals surface area contributed by atoms with Gasteiger partial charge in [-0.25, -0.2) is 0 Å². The number of nitrogens with one attached hydrogen (secondary N) is 1. The maximum atomic E-state index is 10.1. The lowest BCUT2D eigenvalue weighted by Gasteiger charge is -2.22. The zero-order valence-electron chi connectivity index (χ0n) is 9.44. The fraction of sp³-hybridized carbons (Fsp3) is 0.417. The van der Waals surface area contributed by atoms with E-state index < -0.39 is 5.60 Å². The summed E-state index contributed by atoms with van der Waals surface area (Å²) in [5.74, 6) is 0. The van der Waals surface area contributed by atoms with E-state index in [1.807, 2.05) is 6.07 Å². The largest absolute Gasteiger partial charge is 0.397 e. The molecule has 0 spiro atoms. The Morgan fingerprint density at radius 3 is 3.06 bits per heavy atom. The van der Waals surface area contributed by atoms with E-state index in [0.717, 1.165) is 0 Å². The van der Waals surface area contributed by atoms with Gasteiger partial charge in [0.05, 0.1) is 29.6 Å². The molecule has 1 atom stereocenters. The number of hydrogen-bond acceptors (Lipinski definition) is 5. The van der Waals surface area contributed by atoms with Gasteiger partial charge in [0.15, 0.2) is 0 Å². The van der Waals surface area contributed by atoms with Gasteiger partial charge in [-0.1, -0.05) is 0 Å². The molecule has 1 heterocycles. The molecule has 1 aliphatic heterocycles. The molecule has 1 aromatic rings. The number of nitriles is 1. The Balaban J connectivity index is 2.06. The van der Waals surface area contributed by atoms with Gasteiger partial charge in [-0.2, -0.15) is 5.26 Å². The first-order valence-electron chi connectivity index (χ1n) is 5.47. The van der Waals surface area contributed by atoms with Crippen LogP contribution in [-0.2, 0) is 4.74 Å². The number of benzene rings is 1. The van der Waals surface area contributed by atoms with Gasteiger partial charge in [0, 0.05) is 19.6 Å². The van der Waals surface area contributed by atoms with Crippen molar-refractivity contribution in [1.29, 1.82) is 5.26 Å². The lowest BCUT2D eigenvalue weighted by Crippen LogP contribution is -2.37. The minimum atomic E-state index is -0.838. The van der Waals surface area contributed by atoms with E-state index in [4.69, 9.17) is 15.7 Å². The molecule has 1 unspecified atom stereocenters. The van der Waals surface area contributed by atoms with E-state index in [0.29, 0.717) is 43.1 Å². The molecule has 1 fully saturated rings. The summed E-state index contributed by atoms with van der Waals surface area (Å²) in [4.78, 5) is 0. The number of hydrogen-bond donors (Lipinski definition) is 3. The molecule has 2 rings (SSSR count). The molecular weight excluding hydrogens is 218 g/mol. The minimum Gasteiger partial charge on any atom is -0.397 e. The smallest absolute Gasteiger partial charge is 0.107 e. The lowest BCUT2D eigenvalue weighted by molar-refractivity contribution is 0.0382. The zero-order chi connectivity index (χ0) is 12.3. The van der Waals surface area contributed by atoms with Crippen LogP contribution in [0.2, 0.25) is 0 Å². The topological polar surface area (TPSA) is 91.3 Å². The summed E-state index contributed by atoms with van der Waals surface area (Å²) in [6.45, 7) is 1.27. The van der Waals surface area contributed by atoms with Crippen molar-refractivity contribution in [3.8, 4) is 6.07 Å². The Morgan fingerprint density at radius 2 is 2.41 bits per heavy atom. The summed E-state index contributed by atoms with van der Waals surface area (Å²) in [7, 11) is 0. The van der Waals surface area contributed by atoms with Gasteiger partial charge in [-0.15, -0.1) is 0 Å². The second kappa shape index (κ2) is 4.62. The maximum Gasteiger partial charge on any atom is 0.107 e. The monoisotopic (exact) mass is 233 g/mol. The van der Waals surface area contributed by atoms with Gasteiger partial charge in [-0.05, 0) is 18.2 Å². The summed E-state index contributed by atoms with van der Waals surface area (Å²) in [6, 6.07) is 7.06. The Labute approximate surface area is 99.8 Å². The van der Waals surface area contributed by atoms with E-state index in [9.17, 15) is 5.11 Å².